The van der Waals surface area contributed by atoms with Gasteiger partial charge in [0.05, 0.1) is 0 Å². The van der Waals surface area contributed by atoms with Crippen molar-refractivity contribution in [1.82, 2.24) is 9.88 Å². The van der Waals surface area contributed by atoms with E-state index in [-0.39, 0.29) is 6.09 Å². The molecule has 0 bridgehead atoms. The molecule has 0 aromatic carbocycles. The Kier molecular flexibility index (Phi) is 5.09. The van der Waals surface area contributed by atoms with Crippen LogP contribution in [0.4, 0.5) is 10.6 Å². The van der Waals surface area contributed by atoms with Gasteiger partial charge in [0.1, 0.15) is 23.2 Å². The number of carbonyl (C=O) groups is 1. The van der Waals surface area contributed by atoms with Crippen molar-refractivity contribution in [2.75, 3.05) is 25.0 Å². The van der Waals surface area contributed by atoms with E-state index in [0.717, 1.165) is 18.7 Å². The molecule has 1 amide bonds. The van der Waals surface area contributed by atoms with E-state index >= 15 is 0 Å². The van der Waals surface area contributed by atoms with E-state index in [9.17, 15) is 4.79 Å². The Hall–Kier alpha value is -2.29. The van der Waals surface area contributed by atoms with Crippen LogP contribution in [0.3, 0.4) is 0 Å². The maximum atomic E-state index is 12.1. The molecular formula is C17H24N4O2. The molecule has 0 N–H and O–H groups in total. The predicted octanol–water partition coefficient (Wildman–Crippen LogP) is 2.79. The zero-order valence-electron chi connectivity index (χ0n) is 14.2. The highest BCUT2D eigenvalue weighted by atomic mass is 16.6. The lowest BCUT2D eigenvalue weighted by molar-refractivity contribution is 0.0205. The van der Waals surface area contributed by atoms with Crippen molar-refractivity contribution in [3.05, 3.63) is 23.9 Å². The number of carbonyl (C=O) groups excluding carboxylic acids is 1. The molecule has 6 nitrogen and oxygen atoms in total. The van der Waals surface area contributed by atoms with Crippen LogP contribution in [-0.4, -0.2) is 47.8 Å². The molecule has 0 unspecified atom stereocenters. The number of pyridine rings is 1. The molecule has 23 heavy (non-hydrogen) atoms. The molecule has 1 aliphatic rings. The Morgan fingerprint density at radius 3 is 2.61 bits per heavy atom. The van der Waals surface area contributed by atoms with Gasteiger partial charge < -0.3 is 14.5 Å². The fourth-order valence-electron chi connectivity index (χ4n) is 2.63. The smallest absolute Gasteiger partial charge is 0.410 e. The standard InChI is InChI=1S/C17H24N4O2/c1-17(2,3)23-16(22)21-10-8-14(9-11-21)20(4)15-7-5-6-13(12-18)19-15/h5-7,14H,8-11H2,1-4H3. The van der Waals surface area contributed by atoms with Crippen LogP contribution in [0.25, 0.3) is 0 Å². The van der Waals surface area contributed by atoms with Crippen LogP contribution in [-0.2, 0) is 4.74 Å². The topological polar surface area (TPSA) is 69.5 Å². The molecule has 2 rings (SSSR count). The van der Waals surface area contributed by atoms with Gasteiger partial charge in [-0.05, 0) is 45.7 Å². The second-order valence-corrected chi connectivity index (χ2v) is 6.80. The van der Waals surface area contributed by atoms with Crippen molar-refractivity contribution in [3.8, 4) is 6.07 Å². The van der Waals surface area contributed by atoms with Crippen molar-refractivity contribution in [2.45, 2.75) is 45.3 Å². The van der Waals surface area contributed by atoms with Crippen LogP contribution in [0.2, 0.25) is 0 Å². The highest BCUT2D eigenvalue weighted by Crippen LogP contribution is 2.22. The molecule has 1 fully saturated rings. The third-order valence-corrected chi connectivity index (χ3v) is 3.87. The summed E-state index contributed by atoms with van der Waals surface area (Å²) >= 11 is 0. The Morgan fingerprint density at radius 1 is 1.39 bits per heavy atom. The Bertz CT molecular complexity index is 595. The molecule has 1 aromatic heterocycles. The van der Waals surface area contributed by atoms with Gasteiger partial charge in [-0.1, -0.05) is 6.07 Å². The number of amides is 1. The van der Waals surface area contributed by atoms with Crippen LogP contribution in [0, 0.1) is 11.3 Å². The van der Waals surface area contributed by atoms with Crippen LogP contribution in [0.15, 0.2) is 18.2 Å². The molecule has 1 aromatic rings. The molecule has 0 radical (unpaired) electrons. The van der Waals surface area contributed by atoms with Gasteiger partial charge >= 0.3 is 6.09 Å². The van der Waals surface area contributed by atoms with E-state index in [0.29, 0.717) is 24.8 Å². The van der Waals surface area contributed by atoms with E-state index in [2.05, 4.69) is 16.0 Å². The third-order valence-electron chi connectivity index (χ3n) is 3.87. The second-order valence-electron chi connectivity index (χ2n) is 6.80. The predicted molar refractivity (Wildman–Crippen MR) is 88.2 cm³/mol. The van der Waals surface area contributed by atoms with Crippen molar-refractivity contribution >= 4 is 11.9 Å². The average molecular weight is 316 g/mol. The summed E-state index contributed by atoms with van der Waals surface area (Å²) in [6, 6.07) is 7.80. The lowest BCUT2D eigenvalue weighted by Gasteiger charge is -2.37. The Morgan fingerprint density at radius 2 is 2.04 bits per heavy atom. The number of ether oxygens (including phenoxy) is 1. The number of aromatic nitrogens is 1. The summed E-state index contributed by atoms with van der Waals surface area (Å²) < 4.78 is 5.41. The lowest BCUT2D eigenvalue weighted by atomic mass is 10.0. The quantitative estimate of drug-likeness (QED) is 0.839. The van der Waals surface area contributed by atoms with Crippen LogP contribution in [0.5, 0.6) is 0 Å². The highest BCUT2D eigenvalue weighted by molar-refractivity contribution is 5.68. The van der Waals surface area contributed by atoms with E-state index in [1.165, 1.54) is 0 Å². The molecule has 1 saturated heterocycles. The molecule has 1 aliphatic heterocycles. The normalized spacial score (nSPS) is 15.9. The summed E-state index contributed by atoms with van der Waals surface area (Å²) in [5.41, 5.74) is -0.0487. The maximum Gasteiger partial charge on any atom is 0.410 e. The number of nitriles is 1. The number of likely N-dealkylation sites (tertiary alicyclic amines) is 1. The summed E-state index contributed by atoms with van der Waals surface area (Å²) in [7, 11) is 1.98. The number of rotatable bonds is 2. The monoisotopic (exact) mass is 316 g/mol. The minimum Gasteiger partial charge on any atom is -0.444 e. The number of nitrogens with zero attached hydrogens (tertiary/aromatic N) is 4. The van der Waals surface area contributed by atoms with Crippen molar-refractivity contribution in [2.24, 2.45) is 0 Å². The van der Waals surface area contributed by atoms with Gasteiger partial charge in [0.25, 0.3) is 0 Å². The molecular weight excluding hydrogens is 292 g/mol. The molecule has 0 atom stereocenters. The fourth-order valence-corrected chi connectivity index (χ4v) is 2.63. The number of hydrogen-bond acceptors (Lipinski definition) is 5. The molecule has 0 saturated carbocycles. The van der Waals surface area contributed by atoms with Crippen LogP contribution >= 0.6 is 0 Å². The number of anilines is 1. The zero-order valence-corrected chi connectivity index (χ0v) is 14.2. The van der Waals surface area contributed by atoms with E-state index in [4.69, 9.17) is 10.00 Å². The fraction of sp³-hybridized carbons (Fsp3) is 0.588. The van der Waals surface area contributed by atoms with Gasteiger partial charge in [0.2, 0.25) is 0 Å². The summed E-state index contributed by atoms with van der Waals surface area (Å²) in [5.74, 6) is 0.791. The van der Waals surface area contributed by atoms with Gasteiger partial charge in [0.15, 0.2) is 0 Å². The Labute approximate surface area is 137 Å². The highest BCUT2D eigenvalue weighted by Gasteiger charge is 2.28. The van der Waals surface area contributed by atoms with Gasteiger partial charge in [-0.25, -0.2) is 9.78 Å². The summed E-state index contributed by atoms with van der Waals surface area (Å²) in [6.07, 6.45) is 1.46. The van der Waals surface area contributed by atoms with Gasteiger partial charge in [-0.2, -0.15) is 5.26 Å². The second kappa shape index (κ2) is 6.86. The van der Waals surface area contributed by atoms with E-state index in [1.54, 1.807) is 11.0 Å². The number of piperidine rings is 1. The summed E-state index contributed by atoms with van der Waals surface area (Å²) in [4.78, 5) is 20.3. The third kappa shape index (κ3) is 4.59. The van der Waals surface area contributed by atoms with Crippen LogP contribution < -0.4 is 4.90 Å². The lowest BCUT2D eigenvalue weighted by Crippen LogP contribution is -2.47. The summed E-state index contributed by atoms with van der Waals surface area (Å²) in [6.45, 7) is 6.96. The van der Waals surface area contributed by atoms with Gasteiger partial charge in [0, 0.05) is 26.2 Å². The molecule has 0 aliphatic carbocycles. The largest absolute Gasteiger partial charge is 0.444 e. The van der Waals surface area contributed by atoms with E-state index < -0.39 is 5.60 Å². The zero-order chi connectivity index (χ0) is 17.0. The molecule has 6 heteroatoms. The first-order chi connectivity index (χ1) is 10.8. The minimum absolute atomic E-state index is 0.247. The van der Waals surface area contributed by atoms with Crippen molar-refractivity contribution in [1.29, 1.82) is 5.26 Å². The first-order valence-corrected chi connectivity index (χ1v) is 7.88. The first kappa shape index (κ1) is 17.1. The van der Waals surface area contributed by atoms with Crippen molar-refractivity contribution in [3.63, 3.8) is 0 Å². The minimum atomic E-state index is -0.466. The van der Waals surface area contributed by atoms with Crippen LogP contribution in [0.1, 0.15) is 39.3 Å². The van der Waals surface area contributed by atoms with Gasteiger partial charge in [-0.3, -0.25) is 0 Å². The average Bonchev–Trinajstić information content (AvgIpc) is 2.53. The first-order valence-electron chi connectivity index (χ1n) is 7.88. The molecule has 124 valence electrons. The Balaban J connectivity index is 1.93. The molecule has 0 spiro atoms. The van der Waals surface area contributed by atoms with E-state index in [1.807, 2.05) is 40.0 Å². The molecule has 2 heterocycles. The maximum absolute atomic E-state index is 12.1. The van der Waals surface area contributed by atoms with Crippen molar-refractivity contribution < 1.29 is 9.53 Å². The summed E-state index contributed by atoms with van der Waals surface area (Å²) in [5, 5.41) is 8.95. The SMILES string of the molecule is CN(c1cccc(C#N)n1)C1CCN(C(=O)OC(C)(C)C)CC1. The number of hydrogen-bond donors (Lipinski definition) is 0. The van der Waals surface area contributed by atoms with Gasteiger partial charge in [-0.15, -0.1) is 0 Å².